The summed E-state index contributed by atoms with van der Waals surface area (Å²) in [6.07, 6.45) is 5.62. The van der Waals surface area contributed by atoms with Crippen LogP contribution < -0.4 is 0 Å². The number of thioether (sulfide) groups is 1. The van der Waals surface area contributed by atoms with Gasteiger partial charge in [-0.15, -0.1) is 0 Å². The Hall–Kier alpha value is 0.640. The molecule has 0 amide bonds. The number of rotatable bonds is 3. The van der Waals surface area contributed by atoms with Gasteiger partial charge in [-0.05, 0) is 47.0 Å². The van der Waals surface area contributed by atoms with E-state index in [0.717, 1.165) is 19.8 Å². The van der Waals surface area contributed by atoms with Crippen molar-refractivity contribution in [1.82, 2.24) is 9.36 Å². The van der Waals surface area contributed by atoms with Gasteiger partial charge < -0.3 is 0 Å². The molecule has 0 bridgehead atoms. The highest BCUT2D eigenvalue weighted by atomic mass is 127. The molecule has 2 nitrogen and oxygen atoms in total. The molecule has 13 heavy (non-hydrogen) atoms. The van der Waals surface area contributed by atoms with Gasteiger partial charge in [-0.3, -0.25) is 0 Å². The van der Waals surface area contributed by atoms with Gasteiger partial charge in [-0.2, -0.15) is 16.1 Å². The first-order valence-corrected chi connectivity index (χ1v) is 7.34. The van der Waals surface area contributed by atoms with Gasteiger partial charge in [0.2, 0.25) is 0 Å². The summed E-state index contributed by atoms with van der Waals surface area (Å²) in [6.45, 7) is 0. The van der Waals surface area contributed by atoms with Crippen molar-refractivity contribution in [3.05, 3.63) is 8.84 Å². The third-order valence-electron chi connectivity index (χ3n) is 2.19. The first-order valence-electron chi connectivity index (χ1n) is 4.44. The summed E-state index contributed by atoms with van der Waals surface area (Å²) in [5.41, 5.74) is 0. The fourth-order valence-corrected chi connectivity index (χ4v) is 3.81. The monoisotopic (exact) mass is 326 g/mol. The Balaban J connectivity index is 1.78. The summed E-state index contributed by atoms with van der Waals surface area (Å²) < 4.78 is 5.33. The molecule has 72 valence electrons. The molecule has 0 aromatic carbocycles. The zero-order valence-corrected chi connectivity index (χ0v) is 11.0. The lowest BCUT2D eigenvalue weighted by molar-refractivity contribution is 0.886. The highest BCUT2D eigenvalue weighted by Crippen LogP contribution is 2.31. The molecule has 2 rings (SSSR count). The molecular formula is C8H11IN2S2. The molecule has 0 radical (unpaired) electrons. The molecule has 1 aliphatic rings. The predicted octanol–water partition coefficient (Wildman–Crippen LogP) is 3.32. The Kier molecular flexibility index (Phi) is 3.86. The Morgan fingerprint density at radius 3 is 2.85 bits per heavy atom. The van der Waals surface area contributed by atoms with Crippen molar-refractivity contribution in [2.24, 2.45) is 0 Å². The van der Waals surface area contributed by atoms with E-state index < -0.39 is 0 Å². The van der Waals surface area contributed by atoms with Crippen LogP contribution in [0.15, 0.2) is 0 Å². The van der Waals surface area contributed by atoms with E-state index >= 15 is 0 Å². The third kappa shape index (κ3) is 3.06. The molecule has 1 aliphatic carbocycles. The molecule has 0 spiro atoms. The molecule has 1 heterocycles. The van der Waals surface area contributed by atoms with E-state index in [0.29, 0.717) is 0 Å². The van der Waals surface area contributed by atoms with Crippen molar-refractivity contribution in [2.75, 3.05) is 0 Å². The van der Waals surface area contributed by atoms with Gasteiger partial charge >= 0.3 is 0 Å². The lowest BCUT2D eigenvalue weighted by atomic mass is 10.4. The molecule has 0 unspecified atom stereocenters. The van der Waals surface area contributed by atoms with E-state index in [1.54, 1.807) is 0 Å². The number of hydrogen-bond donors (Lipinski definition) is 0. The van der Waals surface area contributed by atoms with Crippen LogP contribution in [0.4, 0.5) is 0 Å². The molecule has 0 atom stereocenters. The van der Waals surface area contributed by atoms with Crippen molar-refractivity contribution in [3.63, 3.8) is 0 Å². The van der Waals surface area contributed by atoms with Gasteiger partial charge in [0.1, 0.15) is 0 Å². The summed E-state index contributed by atoms with van der Waals surface area (Å²) in [4.78, 5) is 4.34. The third-order valence-corrected chi connectivity index (χ3v) is 4.94. The van der Waals surface area contributed by atoms with Crippen LogP contribution in [0.1, 0.15) is 31.5 Å². The van der Waals surface area contributed by atoms with E-state index in [1.807, 2.05) is 11.8 Å². The Labute approximate surface area is 100 Å². The van der Waals surface area contributed by atoms with Crippen molar-refractivity contribution in [2.45, 2.75) is 36.7 Å². The fourth-order valence-electron chi connectivity index (χ4n) is 1.54. The minimum atomic E-state index is 0.876. The van der Waals surface area contributed by atoms with Gasteiger partial charge in [0.05, 0.1) is 5.75 Å². The van der Waals surface area contributed by atoms with Crippen molar-refractivity contribution in [1.29, 1.82) is 0 Å². The summed E-state index contributed by atoms with van der Waals surface area (Å²) in [6, 6.07) is 0. The van der Waals surface area contributed by atoms with Crippen LogP contribution in [-0.2, 0) is 5.75 Å². The van der Waals surface area contributed by atoms with Crippen molar-refractivity contribution in [3.8, 4) is 0 Å². The van der Waals surface area contributed by atoms with Gasteiger partial charge in [-0.1, -0.05) is 12.8 Å². The second-order valence-corrected chi connectivity index (χ2v) is 6.98. The average Bonchev–Trinajstić information content (AvgIpc) is 2.71. The minimum Gasteiger partial charge on any atom is -0.213 e. The lowest BCUT2D eigenvalue weighted by Gasteiger charge is -2.05. The predicted molar refractivity (Wildman–Crippen MR) is 66.2 cm³/mol. The van der Waals surface area contributed by atoms with Gasteiger partial charge in [-0.25, -0.2) is 4.98 Å². The van der Waals surface area contributed by atoms with Crippen LogP contribution in [-0.4, -0.2) is 14.6 Å². The zero-order valence-electron chi connectivity index (χ0n) is 7.20. The van der Waals surface area contributed by atoms with Crippen LogP contribution >= 0.6 is 45.9 Å². The van der Waals surface area contributed by atoms with Gasteiger partial charge in [0, 0.05) is 5.25 Å². The summed E-state index contributed by atoms with van der Waals surface area (Å²) in [5.74, 6) is 2.02. The molecule has 0 aliphatic heterocycles. The fraction of sp³-hybridized carbons (Fsp3) is 0.750. The molecule has 5 heteroatoms. The maximum atomic E-state index is 4.34. The molecular weight excluding hydrogens is 315 g/mol. The molecule has 1 aromatic rings. The quantitative estimate of drug-likeness (QED) is 0.797. The summed E-state index contributed by atoms with van der Waals surface area (Å²) in [7, 11) is 0. The normalized spacial score (nSPS) is 18.2. The standard InChI is InChI=1S/C8H11IN2S2/c9-8-10-7(11-13-8)5-12-6-3-1-2-4-6/h6H,1-5H2. The molecule has 1 fully saturated rings. The van der Waals surface area contributed by atoms with Crippen LogP contribution in [0.2, 0.25) is 0 Å². The maximum absolute atomic E-state index is 4.34. The van der Waals surface area contributed by atoms with E-state index in [2.05, 4.69) is 31.9 Å². The average molecular weight is 326 g/mol. The van der Waals surface area contributed by atoms with Crippen molar-refractivity contribution < 1.29 is 0 Å². The van der Waals surface area contributed by atoms with Crippen LogP contribution in [0.3, 0.4) is 0 Å². The zero-order chi connectivity index (χ0) is 9.10. The minimum absolute atomic E-state index is 0.876. The molecule has 0 saturated heterocycles. The summed E-state index contributed by atoms with van der Waals surface area (Å²) >= 11 is 5.75. The van der Waals surface area contributed by atoms with E-state index in [1.165, 1.54) is 37.2 Å². The second-order valence-electron chi connectivity index (χ2n) is 3.18. The number of hydrogen-bond acceptors (Lipinski definition) is 4. The lowest BCUT2D eigenvalue weighted by Crippen LogP contribution is -1.95. The second kappa shape index (κ2) is 4.93. The van der Waals surface area contributed by atoms with Gasteiger partial charge in [0.25, 0.3) is 0 Å². The molecule has 1 saturated carbocycles. The SMILES string of the molecule is Ic1nc(CSC2CCCC2)ns1. The van der Waals surface area contributed by atoms with Crippen molar-refractivity contribution >= 4 is 45.9 Å². The van der Waals surface area contributed by atoms with E-state index in [-0.39, 0.29) is 0 Å². The van der Waals surface area contributed by atoms with Crippen LogP contribution in [0.5, 0.6) is 0 Å². The Morgan fingerprint density at radius 2 is 2.23 bits per heavy atom. The highest BCUT2D eigenvalue weighted by Gasteiger charge is 2.15. The number of nitrogens with zero attached hydrogens (tertiary/aromatic N) is 2. The first kappa shape index (κ1) is 10.2. The maximum Gasteiger partial charge on any atom is 0.174 e. The van der Waals surface area contributed by atoms with Gasteiger partial charge in [0.15, 0.2) is 8.84 Å². The molecule has 0 N–H and O–H groups in total. The van der Waals surface area contributed by atoms with E-state index in [4.69, 9.17) is 0 Å². The van der Waals surface area contributed by atoms with Crippen LogP contribution in [0.25, 0.3) is 0 Å². The van der Waals surface area contributed by atoms with E-state index in [9.17, 15) is 0 Å². The first-order chi connectivity index (χ1) is 6.34. The summed E-state index contributed by atoms with van der Waals surface area (Å²) in [5, 5.41) is 0.876. The topological polar surface area (TPSA) is 25.8 Å². The Morgan fingerprint density at radius 1 is 1.46 bits per heavy atom. The number of halogens is 1. The largest absolute Gasteiger partial charge is 0.213 e. The molecule has 1 aromatic heterocycles. The Bertz CT molecular complexity index is 271. The highest BCUT2D eigenvalue weighted by molar-refractivity contribution is 14.1. The number of aromatic nitrogens is 2. The van der Waals surface area contributed by atoms with Crippen LogP contribution in [0, 0.1) is 3.01 Å². The smallest absolute Gasteiger partial charge is 0.174 e.